The minimum atomic E-state index is -0.816. The maximum Gasteiger partial charge on any atom is 0.184 e. The molecule has 0 unspecified atom stereocenters. The topological polar surface area (TPSA) is 21.8 Å². The third-order valence-electron chi connectivity index (χ3n) is 4.90. The zero-order valence-electron chi connectivity index (χ0n) is 14.5. The molecule has 1 fully saturated rings. The van der Waals surface area contributed by atoms with Gasteiger partial charge in [-0.3, -0.25) is 5.01 Å². The lowest BCUT2D eigenvalue weighted by atomic mass is 10.2. The van der Waals surface area contributed by atoms with Gasteiger partial charge >= 0.3 is 0 Å². The third kappa shape index (κ3) is 2.90. The molecule has 1 aromatic heterocycles. The molecule has 0 spiro atoms. The number of benzene rings is 1. The van der Waals surface area contributed by atoms with Crippen LogP contribution in [-0.2, 0) is 13.0 Å². The van der Waals surface area contributed by atoms with E-state index >= 15 is 0 Å². The van der Waals surface area contributed by atoms with Crippen molar-refractivity contribution in [1.29, 1.82) is 0 Å². The van der Waals surface area contributed by atoms with E-state index in [2.05, 4.69) is 40.3 Å². The smallest absolute Gasteiger partial charge is 0.184 e. The molecule has 0 bridgehead atoms. The predicted molar refractivity (Wildman–Crippen MR) is 98.6 cm³/mol. The average Bonchev–Trinajstić information content (AvgIpc) is 2.95. The molecule has 0 atom stereocenters. The molecular formula is C18H22F2N4S. The Balaban J connectivity index is 1.84. The van der Waals surface area contributed by atoms with Crippen molar-refractivity contribution in [3.8, 4) is 0 Å². The number of halogens is 2. The van der Waals surface area contributed by atoms with Gasteiger partial charge in [-0.15, -0.1) is 11.3 Å². The van der Waals surface area contributed by atoms with Crippen LogP contribution in [-0.4, -0.2) is 43.1 Å². The SMILES string of the molecule is CCc1cc2c(s1)N(N1CCN(C)CC1)c1ccc(F)c(F)c1NC2. The number of hydrogen-bond donors (Lipinski definition) is 1. The first-order chi connectivity index (χ1) is 12.1. The number of nitrogens with zero attached hydrogens (tertiary/aromatic N) is 3. The van der Waals surface area contributed by atoms with E-state index in [0.29, 0.717) is 12.2 Å². The van der Waals surface area contributed by atoms with Crippen molar-refractivity contribution in [1.82, 2.24) is 9.91 Å². The zero-order valence-corrected chi connectivity index (χ0v) is 15.3. The van der Waals surface area contributed by atoms with Crippen LogP contribution in [0.25, 0.3) is 0 Å². The summed E-state index contributed by atoms with van der Waals surface area (Å²) < 4.78 is 28.2. The largest absolute Gasteiger partial charge is 0.377 e. The number of hydrazine groups is 1. The van der Waals surface area contributed by atoms with E-state index in [-0.39, 0.29) is 5.69 Å². The molecule has 1 N–H and O–H groups in total. The van der Waals surface area contributed by atoms with E-state index in [9.17, 15) is 8.78 Å². The van der Waals surface area contributed by atoms with E-state index in [1.54, 1.807) is 17.4 Å². The molecule has 4 rings (SSSR count). The molecule has 25 heavy (non-hydrogen) atoms. The maximum absolute atomic E-state index is 14.5. The Morgan fingerprint density at radius 3 is 2.64 bits per heavy atom. The highest BCUT2D eigenvalue weighted by Gasteiger charge is 2.31. The highest BCUT2D eigenvalue weighted by atomic mass is 32.1. The molecule has 2 aliphatic heterocycles. The number of fused-ring (bicyclic) bond motifs is 2. The van der Waals surface area contributed by atoms with Gasteiger partial charge in [-0.25, -0.2) is 13.8 Å². The van der Waals surface area contributed by atoms with E-state index in [4.69, 9.17) is 0 Å². The Morgan fingerprint density at radius 2 is 1.92 bits per heavy atom. The molecule has 1 saturated heterocycles. The molecule has 2 aromatic rings. The van der Waals surface area contributed by atoms with Gasteiger partial charge in [0, 0.05) is 43.2 Å². The first kappa shape index (κ1) is 16.8. The standard InChI is InChI=1S/C18H22F2N4S/c1-3-13-10-12-11-21-17-15(5-4-14(19)16(17)20)24(18(12)25-13)23-8-6-22(2)7-9-23/h4-5,10,21H,3,6-9,11H2,1-2H3. The van der Waals surface area contributed by atoms with E-state index in [1.807, 2.05) is 0 Å². The molecule has 7 heteroatoms. The second-order valence-electron chi connectivity index (χ2n) is 6.57. The van der Waals surface area contributed by atoms with E-state index < -0.39 is 11.6 Å². The van der Waals surface area contributed by atoms with Gasteiger partial charge in [-0.2, -0.15) is 0 Å². The predicted octanol–water partition coefficient (Wildman–Crippen LogP) is 3.81. The molecule has 4 nitrogen and oxygen atoms in total. The van der Waals surface area contributed by atoms with Crippen LogP contribution in [0.5, 0.6) is 0 Å². The Labute approximate surface area is 150 Å². The fourth-order valence-corrected chi connectivity index (χ4v) is 4.57. The number of hydrogen-bond acceptors (Lipinski definition) is 5. The van der Waals surface area contributed by atoms with Crippen LogP contribution < -0.4 is 10.3 Å². The first-order valence-corrected chi connectivity index (χ1v) is 9.47. The molecule has 0 aliphatic carbocycles. The monoisotopic (exact) mass is 364 g/mol. The van der Waals surface area contributed by atoms with Crippen LogP contribution in [0, 0.1) is 11.6 Å². The molecule has 0 amide bonds. The molecule has 1 aromatic carbocycles. The zero-order chi connectivity index (χ0) is 17.6. The number of anilines is 3. The highest BCUT2D eigenvalue weighted by molar-refractivity contribution is 7.16. The minimum Gasteiger partial charge on any atom is -0.377 e. The molecule has 0 saturated carbocycles. The minimum absolute atomic E-state index is 0.250. The van der Waals surface area contributed by atoms with E-state index in [1.165, 1.54) is 10.9 Å². The summed E-state index contributed by atoms with van der Waals surface area (Å²) in [6.07, 6.45) is 0.971. The number of rotatable bonds is 2. The van der Waals surface area contributed by atoms with Crippen LogP contribution in [0.4, 0.5) is 25.2 Å². The van der Waals surface area contributed by atoms with Gasteiger partial charge in [-0.1, -0.05) is 6.92 Å². The lowest BCUT2D eigenvalue weighted by Crippen LogP contribution is -2.51. The lowest BCUT2D eigenvalue weighted by molar-refractivity contribution is 0.155. The van der Waals surface area contributed by atoms with Crippen molar-refractivity contribution in [2.75, 3.05) is 43.6 Å². The van der Waals surface area contributed by atoms with Gasteiger partial charge in [0.1, 0.15) is 5.00 Å². The molecular weight excluding hydrogens is 342 g/mol. The number of likely N-dealkylation sites (N-methyl/N-ethyl adjacent to an activating group) is 1. The van der Waals surface area contributed by atoms with Crippen molar-refractivity contribution in [2.45, 2.75) is 19.9 Å². The number of piperazine rings is 1. The van der Waals surface area contributed by atoms with Gasteiger partial charge < -0.3 is 10.2 Å². The normalized spacial score (nSPS) is 18.5. The van der Waals surface area contributed by atoms with Crippen molar-refractivity contribution in [3.05, 3.63) is 40.3 Å². The van der Waals surface area contributed by atoms with Gasteiger partial charge in [0.2, 0.25) is 0 Å². The van der Waals surface area contributed by atoms with Crippen LogP contribution in [0.2, 0.25) is 0 Å². The average molecular weight is 364 g/mol. The summed E-state index contributed by atoms with van der Waals surface area (Å²) >= 11 is 1.74. The summed E-state index contributed by atoms with van der Waals surface area (Å²) in [6, 6.07) is 5.08. The first-order valence-electron chi connectivity index (χ1n) is 8.65. The van der Waals surface area contributed by atoms with E-state index in [0.717, 1.165) is 43.2 Å². The second kappa shape index (κ2) is 6.55. The number of thiophene rings is 1. The van der Waals surface area contributed by atoms with Crippen molar-refractivity contribution in [3.63, 3.8) is 0 Å². The van der Waals surface area contributed by atoms with Gasteiger partial charge in [0.15, 0.2) is 11.6 Å². The summed E-state index contributed by atoms with van der Waals surface area (Å²) in [7, 11) is 2.11. The summed E-state index contributed by atoms with van der Waals surface area (Å²) in [4.78, 5) is 3.59. The van der Waals surface area contributed by atoms with Crippen molar-refractivity contribution < 1.29 is 8.78 Å². The summed E-state index contributed by atoms with van der Waals surface area (Å²) in [6.45, 7) is 6.25. The fourth-order valence-electron chi connectivity index (χ4n) is 3.41. The summed E-state index contributed by atoms with van der Waals surface area (Å²) in [5.41, 5.74) is 2.07. The Morgan fingerprint density at radius 1 is 1.16 bits per heavy atom. The Kier molecular flexibility index (Phi) is 4.39. The van der Waals surface area contributed by atoms with Crippen molar-refractivity contribution >= 4 is 27.7 Å². The number of nitrogens with one attached hydrogen (secondary N) is 1. The van der Waals surface area contributed by atoms with Gasteiger partial charge in [-0.05, 0) is 31.7 Å². The second-order valence-corrected chi connectivity index (χ2v) is 7.69. The quantitative estimate of drug-likeness (QED) is 0.875. The fraction of sp³-hybridized carbons (Fsp3) is 0.444. The molecule has 2 aliphatic rings. The van der Waals surface area contributed by atoms with Crippen LogP contribution >= 0.6 is 11.3 Å². The van der Waals surface area contributed by atoms with Crippen LogP contribution in [0.3, 0.4) is 0 Å². The van der Waals surface area contributed by atoms with Crippen LogP contribution in [0.1, 0.15) is 17.4 Å². The van der Waals surface area contributed by atoms with Gasteiger partial charge in [0.25, 0.3) is 0 Å². The Bertz CT molecular complexity index is 784. The van der Waals surface area contributed by atoms with Crippen LogP contribution in [0.15, 0.2) is 18.2 Å². The molecule has 134 valence electrons. The Hall–Kier alpha value is -1.70. The number of aryl methyl sites for hydroxylation is 1. The molecule has 0 radical (unpaired) electrons. The molecule has 3 heterocycles. The summed E-state index contributed by atoms with van der Waals surface area (Å²) in [5, 5.41) is 8.58. The maximum atomic E-state index is 14.5. The third-order valence-corrected chi connectivity index (χ3v) is 6.19. The van der Waals surface area contributed by atoms with Gasteiger partial charge in [0.05, 0.1) is 11.4 Å². The highest BCUT2D eigenvalue weighted by Crippen LogP contribution is 2.44. The lowest BCUT2D eigenvalue weighted by Gasteiger charge is -2.41. The summed E-state index contributed by atoms with van der Waals surface area (Å²) in [5.74, 6) is -1.62. The van der Waals surface area contributed by atoms with Crippen molar-refractivity contribution in [2.24, 2.45) is 0 Å².